The molecule has 0 unspecified atom stereocenters. The molecule has 5 heteroatoms. The summed E-state index contributed by atoms with van der Waals surface area (Å²) < 4.78 is 6.73. The van der Waals surface area contributed by atoms with E-state index in [1.807, 2.05) is 68.4 Å². The molecule has 0 saturated carbocycles. The van der Waals surface area contributed by atoms with Crippen LogP contribution in [0.2, 0.25) is 0 Å². The van der Waals surface area contributed by atoms with Gasteiger partial charge in [-0.05, 0) is 29.4 Å². The summed E-state index contributed by atoms with van der Waals surface area (Å²) in [6.45, 7) is 5.49. The molecule has 0 fully saturated rings. The SMILES string of the molecule is CCN(CC)C1=C(C(=O)CO[Si](c2ccccc2)(c2ccccc2)c2ccccc2)C(=O)C1. The van der Waals surface area contributed by atoms with Crippen LogP contribution in [-0.2, 0) is 14.0 Å². The zero-order valence-electron chi connectivity index (χ0n) is 19.2. The van der Waals surface area contributed by atoms with E-state index in [2.05, 4.69) is 41.3 Å². The van der Waals surface area contributed by atoms with Crippen molar-refractivity contribution < 1.29 is 14.0 Å². The molecule has 0 saturated heterocycles. The summed E-state index contributed by atoms with van der Waals surface area (Å²) in [5.74, 6) is -0.315. The van der Waals surface area contributed by atoms with E-state index >= 15 is 0 Å². The summed E-state index contributed by atoms with van der Waals surface area (Å²) in [6.07, 6.45) is 0.335. The van der Waals surface area contributed by atoms with Crippen LogP contribution in [0.25, 0.3) is 0 Å². The minimum absolute atomic E-state index is 0.0862. The number of allylic oxidation sites excluding steroid dienone is 1. The molecule has 33 heavy (non-hydrogen) atoms. The minimum atomic E-state index is -2.98. The second kappa shape index (κ2) is 10.1. The second-order valence-electron chi connectivity index (χ2n) is 8.09. The van der Waals surface area contributed by atoms with Crippen LogP contribution in [0.4, 0.5) is 0 Å². The van der Waals surface area contributed by atoms with Gasteiger partial charge in [-0.3, -0.25) is 9.59 Å². The predicted molar refractivity (Wildman–Crippen MR) is 135 cm³/mol. The Labute approximate surface area is 196 Å². The first-order valence-corrected chi connectivity index (χ1v) is 13.4. The maximum atomic E-state index is 13.3. The van der Waals surface area contributed by atoms with Crippen LogP contribution in [0, 0.1) is 0 Å². The fourth-order valence-electron chi connectivity index (χ4n) is 4.59. The normalized spacial score (nSPS) is 13.6. The van der Waals surface area contributed by atoms with E-state index in [0.717, 1.165) is 34.3 Å². The van der Waals surface area contributed by atoms with Gasteiger partial charge in [-0.2, -0.15) is 0 Å². The van der Waals surface area contributed by atoms with Crippen molar-refractivity contribution in [3.05, 3.63) is 102 Å². The molecular formula is C28H29NO3Si. The number of benzene rings is 3. The van der Waals surface area contributed by atoms with Crippen LogP contribution in [0.3, 0.4) is 0 Å². The third-order valence-electron chi connectivity index (χ3n) is 6.28. The maximum Gasteiger partial charge on any atom is 0.288 e. The van der Waals surface area contributed by atoms with Gasteiger partial charge in [0.1, 0.15) is 0 Å². The molecule has 168 valence electrons. The highest BCUT2D eigenvalue weighted by Crippen LogP contribution is 2.28. The number of hydrogen-bond acceptors (Lipinski definition) is 4. The van der Waals surface area contributed by atoms with E-state index in [1.165, 1.54) is 0 Å². The molecule has 4 rings (SSSR count). The summed E-state index contributed by atoms with van der Waals surface area (Å²) in [5.41, 5.74) is 1.17. The van der Waals surface area contributed by atoms with Crippen LogP contribution in [-0.4, -0.2) is 44.5 Å². The Balaban J connectivity index is 1.78. The quantitative estimate of drug-likeness (QED) is 0.268. The number of rotatable bonds is 10. The first-order chi connectivity index (χ1) is 16.1. The molecular weight excluding hydrogens is 426 g/mol. The molecule has 0 N–H and O–H groups in total. The van der Waals surface area contributed by atoms with E-state index in [-0.39, 0.29) is 18.2 Å². The molecule has 0 spiro atoms. The van der Waals surface area contributed by atoms with Crippen LogP contribution >= 0.6 is 0 Å². The number of hydrogen-bond donors (Lipinski definition) is 0. The van der Waals surface area contributed by atoms with Gasteiger partial charge in [0.25, 0.3) is 8.32 Å². The molecule has 0 atom stereocenters. The van der Waals surface area contributed by atoms with Crippen molar-refractivity contribution >= 4 is 35.4 Å². The van der Waals surface area contributed by atoms with Crippen LogP contribution in [0.5, 0.6) is 0 Å². The second-order valence-corrected chi connectivity index (χ2v) is 11.5. The number of ketones is 2. The van der Waals surface area contributed by atoms with Crippen molar-refractivity contribution in [1.29, 1.82) is 0 Å². The summed E-state index contributed by atoms with van der Waals surface area (Å²) >= 11 is 0. The molecule has 0 heterocycles. The highest BCUT2D eigenvalue weighted by atomic mass is 28.4. The van der Waals surface area contributed by atoms with Gasteiger partial charge >= 0.3 is 0 Å². The Bertz CT molecular complexity index is 1040. The fraction of sp³-hybridized carbons (Fsp3) is 0.214. The van der Waals surface area contributed by atoms with Crippen molar-refractivity contribution in [1.82, 2.24) is 4.90 Å². The van der Waals surface area contributed by atoms with E-state index in [1.54, 1.807) is 0 Å². The van der Waals surface area contributed by atoms with Crippen LogP contribution in [0.1, 0.15) is 20.3 Å². The molecule has 0 amide bonds. The zero-order chi connectivity index (χ0) is 23.3. The zero-order valence-corrected chi connectivity index (χ0v) is 20.2. The number of carbonyl (C=O) groups excluding carboxylic acids is 2. The van der Waals surface area contributed by atoms with Crippen molar-refractivity contribution in [2.75, 3.05) is 19.7 Å². The Morgan fingerprint density at radius 3 is 1.58 bits per heavy atom. The number of carbonyl (C=O) groups is 2. The Morgan fingerprint density at radius 1 is 0.788 bits per heavy atom. The molecule has 0 radical (unpaired) electrons. The highest BCUT2D eigenvalue weighted by molar-refractivity contribution is 7.07. The molecule has 0 aliphatic heterocycles. The Morgan fingerprint density at radius 2 is 1.21 bits per heavy atom. The largest absolute Gasteiger partial charge is 0.396 e. The lowest BCUT2D eigenvalue weighted by Crippen LogP contribution is -2.69. The van der Waals surface area contributed by atoms with Crippen molar-refractivity contribution in [2.45, 2.75) is 20.3 Å². The lowest BCUT2D eigenvalue weighted by atomic mass is 9.88. The lowest BCUT2D eigenvalue weighted by molar-refractivity contribution is -0.124. The van der Waals surface area contributed by atoms with Gasteiger partial charge < -0.3 is 9.33 Å². The van der Waals surface area contributed by atoms with E-state index < -0.39 is 8.32 Å². The van der Waals surface area contributed by atoms with Gasteiger partial charge in [0.15, 0.2) is 11.6 Å². The topological polar surface area (TPSA) is 46.6 Å². The Kier molecular flexibility index (Phi) is 7.01. The molecule has 4 nitrogen and oxygen atoms in total. The predicted octanol–water partition coefficient (Wildman–Crippen LogP) is 2.81. The minimum Gasteiger partial charge on any atom is -0.396 e. The van der Waals surface area contributed by atoms with E-state index in [0.29, 0.717) is 12.0 Å². The molecule has 3 aromatic rings. The highest BCUT2D eigenvalue weighted by Gasteiger charge is 2.43. The molecule has 0 bridgehead atoms. The Hall–Kier alpha value is -3.28. The first-order valence-electron chi connectivity index (χ1n) is 11.5. The molecule has 3 aromatic carbocycles. The average Bonchev–Trinajstić information content (AvgIpc) is 2.86. The van der Waals surface area contributed by atoms with Gasteiger partial charge in [0, 0.05) is 18.8 Å². The first kappa shape index (κ1) is 22.9. The van der Waals surface area contributed by atoms with Gasteiger partial charge in [0.2, 0.25) is 0 Å². The van der Waals surface area contributed by atoms with Crippen molar-refractivity contribution in [3.63, 3.8) is 0 Å². The summed E-state index contributed by atoms with van der Waals surface area (Å²) in [5, 5.41) is 3.19. The molecule has 0 aromatic heterocycles. The monoisotopic (exact) mass is 455 g/mol. The molecule has 1 aliphatic rings. The summed E-state index contributed by atoms with van der Waals surface area (Å²) in [4.78, 5) is 27.8. The van der Waals surface area contributed by atoms with Gasteiger partial charge in [-0.25, -0.2) is 0 Å². The van der Waals surface area contributed by atoms with Gasteiger partial charge in [0.05, 0.1) is 18.6 Å². The summed E-state index contributed by atoms with van der Waals surface area (Å²) in [6, 6.07) is 30.4. The van der Waals surface area contributed by atoms with Gasteiger partial charge in [-0.1, -0.05) is 91.0 Å². The van der Waals surface area contributed by atoms with Crippen molar-refractivity contribution in [2.24, 2.45) is 0 Å². The number of Topliss-reactive ketones (excluding diaryl/α,β-unsaturated/α-hetero) is 2. The lowest BCUT2D eigenvalue weighted by Gasteiger charge is -2.34. The smallest absolute Gasteiger partial charge is 0.288 e. The van der Waals surface area contributed by atoms with E-state index in [4.69, 9.17) is 4.43 Å². The fourth-order valence-corrected chi connectivity index (χ4v) is 8.42. The van der Waals surface area contributed by atoms with E-state index in [9.17, 15) is 9.59 Å². The number of nitrogens with zero attached hydrogens (tertiary/aromatic N) is 1. The van der Waals surface area contributed by atoms with Crippen LogP contribution in [0.15, 0.2) is 102 Å². The van der Waals surface area contributed by atoms with Gasteiger partial charge in [-0.15, -0.1) is 0 Å². The maximum absolute atomic E-state index is 13.3. The van der Waals surface area contributed by atoms with Crippen LogP contribution < -0.4 is 15.6 Å². The summed E-state index contributed by atoms with van der Waals surface area (Å²) in [7, 11) is -2.98. The molecule has 1 aliphatic carbocycles. The standard InChI is InChI=1S/C28H29NO3Si/c1-3-29(4-2)25-20-26(30)28(25)27(31)21-32-33(22-14-8-5-9-15-22,23-16-10-6-11-17-23)24-18-12-7-13-19-24/h5-19H,3-4,20-21H2,1-2H3. The third kappa shape index (κ3) is 4.34. The van der Waals surface area contributed by atoms with Crippen molar-refractivity contribution in [3.8, 4) is 0 Å². The third-order valence-corrected chi connectivity index (χ3v) is 10.3. The average molecular weight is 456 g/mol.